The molecular weight excluding hydrogens is 320 g/mol. The lowest BCUT2D eigenvalue weighted by atomic mass is 9.94. The van der Waals surface area contributed by atoms with Crippen LogP contribution in [0.3, 0.4) is 0 Å². The maximum Gasteiger partial charge on any atom is 0.138 e. The van der Waals surface area contributed by atoms with Crippen molar-refractivity contribution in [1.29, 1.82) is 0 Å². The SMILES string of the molecule is CC.Cc1cc(-c2[nH]c3nc(C4CCNCC4)ccc3c2C)cc(C)n1. The quantitative estimate of drug-likeness (QED) is 0.680. The molecule has 0 bridgehead atoms. The Morgan fingerprint density at radius 1 is 0.923 bits per heavy atom. The van der Waals surface area contributed by atoms with E-state index in [4.69, 9.17) is 4.98 Å². The zero-order chi connectivity index (χ0) is 18.7. The number of hydrogen-bond donors (Lipinski definition) is 2. The van der Waals surface area contributed by atoms with E-state index in [1.807, 2.05) is 27.7 Å². The zero-order valence-corrected chi connectivity index (χ0v) is 16.6. The van der Waals surface area contributed by atoms with Crippen LogP contribution in [0.1, 0.15) is 55.3 Å². The van der Waals surface area contributed by atoms with Crippen LogP contribution in [0.25, 0.3) is 22.3 Å². The molecule has 4 heterocycles. The number of nitrogens with one attached hydrogen (secondary N) is 2. The predicted molar refractivity (Wildman–Crippen MR) is 110 cm³/mol. The molecule has 0 aliphatic carbocycles. The van der Waals surface area contributed by atoms with Crippen molar-refractivity contribution in [1.82, 2.24) is 20.3 Å². The van der Waals surface area contributed by atoms with Gasteiger partial charge in [-0.05, 0) is 76.5 Å². The summed E-state index contributed by atoms with van der Waals surface area (Å²) in [4.78, 5) is 13.0. The van der Waals surface area contributed by atoms with Gasteiger partial charge in [0, 0.05) is 33.9 Å². The lowest BCUT2D eigenvalue weighted by molar-refractivity contribution is 0.454. The fraction of sp³-hybridized carbons (Fsp3) is 0.455. The molecule has 3 aromatic rings. The summed E-state index contributed by atoms with van der Waals surface area (Å²) in [6, 6.07) is 8.72. The molecule has 0 radical (unpaired) electrons. The van der Waals surface area contributed by atoms with E-state index in [0.717, 1.165) is 35.8 Å². The van der Waals surface area contributed by atoms with Crippen molar-refractivity contribution >= 4 is 11.0 Å². The molecule has 0 saturated carbocycles. The molecule has 26 heavy (non-hydrogen) atoms. The number of pyridine rings is 2. The van der Waals surface area contributed by atoms with Gasteiger partial charge in [0.2, 0.25) is 0 Å². The van der Waals surface area contributed by atoms with Crippen LogP contribution in [0, 0.1) is 20.8 Å². The number of nitrogens with zero attached hydrogens (tertiary/aromatic N) is 2. The normalized spacial score (nSPS) is 15.0. The highest BCUT2D eigenvalue weighted by atomic mass is 14.9. The summed E-state index contributed by atoms with van der Waals surface area (Å²) < 4.78 is 0. The third-order valence-electron chi connectivity index (χ3n) is 5.07. The minimum Gasteiger partial charge on any atom is -0.339 e. The van der Waals surface area contributed by atoms with Gasteiger partial charge in [-0.2, -0.15) is 0 Å². The standard InChI is InChI=1S/C20H24N4.C2H6/c1-12-10-16(11-13(2)22-12)19-14(3)17-4-5-18(23-20(17)24-19)15-6-8-21-9-7-15;1-2/h4-5,10-11,15,21H,6-9H2,1-3H3,(H,23,24);1-2H3. The first-order valence-electron chi connectivity index (χ1n) is 9.77. The molecule has 4 nitrogen and oxygen atoms in total. The molecule has 138 valence electrons. The Morgan fingerprint density at radius 3 is 2.23 bits per heavy atom. The van der Waals surface area contributed by atoms with Crippen molar-refractivity contribution in [2.24, 2.45) is 0 Å². The van der Waals surface area contributed by atoms with Crippen molar-refractivity contribution < 1.29 is 0 Å². The van der Waals surface area contributed by atoms with Crippen LogP contribution in [0.15, 0.2) is 24.3 Å². The second kappa shape index (κ2) is 8.00. The van der Waals surface area contributed by atoms with Crippen molar-refractivity contribution in [3.63, 3.8) is 0 Å². The van der Waals surface area contributed by atoms with Crippen molar-refractivity contribution in [3.8, 4) is 11.3 Å². The molecular formula is C22H30N4. The van der Waals surface area contributed by atoms with Gasteiger partial charge < -0.3 is 10.3 Å². The van der Waals surface area contributed by atoms with Crippen LogP contribution in [-0.2, 0) is 0 Å². The van der Waals surface area contributed by atoms with Crippen molar-refractivity contribution in [2.45, 2.75) is 53.4 Å². The molecule has 1 aliphatic rings. The molecule has 3 aromatic heterocycles. The number of rotatable bonds is 2. The van der Waals surface area contributed by atoms with Crippen LogP contribution in [-0.4, -0.2) is 28.0 Å². The Labute approximate surface area is 156 Å². The summed E-state index contributed by atoms with van der Waals surface area (Å²) in [5, 5.41) is 4.64. The van der Waals surface area contributed by atoms with Crippen LogP contribution in [0.5, 0.6) is 0 Å². The molecule has 4 heteroatoms. The summed E-state index contributed by atoms with van der Waals surface area (Å²) in [5.41, 5.74) is 7.94. The third-order valence-corrected chi connectivity index (χ3v) is 5.07. The Morgan fingerprint density at radius 2 is 1.58 bits per heavy atom. The summed E-state index contributed by atoms with van der Waals surface area (Å²) in [5.74, 6) is 0.577. The summed E-state index contributed by atoms with van der Waals surface area (Å²) in [7, 11) is 0. The van der Waals surface area contributed by atoms with Crippen LogP contribution >= 0.6 is 0 Å². The molecule has 2 N–H and O–H groups in total. The minimum absolute atomic E-state index is 0.577. The van der Waals surface area contributed by atoms with Gasteiger partial charge in [0.1, 0.15) is 5.65 Å². The Kier molecular flexibility index (Phi) is 5.72. The first-order valence-corrected chi connectivity index (χ1v) is 9.77. The van der Waals surface area contributed by atoms with Gasteiger partial charge in [0.05, 0.1) is 5.69 Å². The summed E-state index contributed by atoms with van der Waals surface area (Å²) in [6.07, 6.45) is 2.35. The van der Waals surface area contributed by atoms with E-state index in [1.54, 1.807) is 0 Å². The topological polar surface area (TPSA) is 53.6 Å². The van der Waals surface area contributed by atoms with E-state index in [-0.39, 0.29) is 0 Å². The molecule has 1 saturated heterocycles. The van der Waals surface area contributed by atoms with E-state index < -0.39 is 0 Å². The second-order valence-electron chi connectivity index (χ2n) is 6.92. The highest BCUT2D eigenvalue weighted by molar-refractivity contribution is 5.88. The van der Waals surface area contributed by atoms with Crippen molar-refractivity contribution in [3.05, 3.63) is 46.9 Å². The van der Waals surface area contributed by atoms with Gasteiger partial charge in [0.15, 0.2) is 0 Å². The number of aromatic amines is 1. The predicted octanol–water partition coefficient (Wildman–Crippen LogP) is 5.04. The third kappa shape index (κ3) is 3.65. The summed E-state index contributed by atoms with van der Waals surface area (Å²) >= 11 is 0. The Hall–Kier alpha value is -2.20. The summed E-state index contributed by atoms with van der Waals surface area (Å²) in [6.45, 7) is 12.4. The second-order valence-corrected chi connectivity index (χ2v) is 6.92. The molecule has 0 spiro atoms. The van der Waals surface area contributed by atoms with Gasteiger partial charge >= 0.3 is 0 Å². The molecule has 4 rings (SSSR count). The maximum atomic E-state index is 4.95. The van der Waals surface area contributed by atoms with Gasteiger partial charge in [-0.25, -0.2) is 4.98 Å². The van der Waals surface area contributed by atoms with E-state index >= 15 is 0 Å². The zero-order valence-electron chi connectivity index (χ0n) is 16.6. The maximum absolute atomic E-state index is 4.95. The molecule has 0 amide bonds. The van der Waals surface area contributed by atoms with Gasteiger partial charge in [-0.15, -0.1) is 0 Å². The van der Waals surface area contributed by atoms with E-state index in [2.05, 4.69) is 46.5 Å². The molecule has 0 aromatic carbocycles. The largest absolute Gasteiger partial charge is 0.339 e. The van der Waals surface area contributed by atoms with Gasteiger partial charge in [-0.3, -0.25) is 4.98 Å². The number of fused-ring (bicyclic) bond motifs is 1. The number of H-pyrrole nitrogens is 1. The molecule has 0 atom stereocenters. The average molecular weight is 351 g/mol. The first-order chi connectivity index (χ1) is 12.6. The number of aryl methyl sites for hydroxylation is 3. The molecule has 1 fully saturated rings. The van der Waals surface area contributed by atoms with Gasteiger partial charge in [-0.1, -0.05) is 13.8 Å². The lowest BCUT2D eigenvalue weighted by Crippen LogP contribution is -2.27. The smallest absolute Gasteiger partial charge is 0.138 e. The minimum atomic E-state index is 0.577. The van der Waals surface area contributed by atoms with Crippen LogP contribution < -0.4 is 5.32 Å². The first kappa shape index (κ1) is 18.6. The Balaban J connectivity index is 0.000000948. The van der Waals surface area contributed by atoms with Gasteiger partial charge in [0.25, 0.3) is 0 Å². The van der Waals surface area contributed by atoms with Crippen molar-refractivity contribution in [2.75, 3.05) is 13.1 Å². The lowest BCUT2D eigenvalue weighted by Gasteiger charge is -2.21. The van der Waals surface area contributed by atoms with Crippen LogP contribution in [0.4, 0.5) is 0 Å². The Bertz CT molecular complexity index is 868. The number of aromatic nitrogens is 3. The van der Waals surface area contributed by atoms with E-state index in [0.29, 0.717) is 5.92 Å². The number of piperidine rings is 1. The average Bonchev–Trinajstić information content (AvgIpc) is 2.99. The fourth-order valence-electron chi connectivity index (χ4n) is 3.83. The highest BCUT2D eigenvalue weighted by Gasteiger charge is 2.18. The fourth-order valence-corrected chi connectivity index (χ4v) is 3.83. The number of hydrogen-bond acceptors (Lipinski definition) is 3. The van der Waals surface area contributed by atoms with E-state index in [9.17, 15) is 0 Å². The molecule has 0 unspecified atom stereocenters. The monoisotopic (exact) mass is 350 g/mol. The van der Waals surface area contributed by atoms with Crippen LogP contribution in [0.2, 0.25) is 0 Å². The molecule has 1 aliphatic heterocycles. The van der Waals surface area contributed by atoms with E-state index in [1.165, 1.54) is 35.0 Å². The highest BCUT2D eigenvalue weighted by Crippen LogP contribution is 2.31.